The SMILES string of the molecule is CCCCCCCCCCOC(=O)c1cccc(-c2ccc(C)cc2)c1. The number of aryl methyl sites for hydroxylation is 1. The molecule has 26 heavy (non-hydrogen) atoms. The van der Waals surface area contributed by atoms with Crippen LogP contribution in [-0.2, 0) is 4.74 Å². The number of carbonyl (C=O) groups excluding carboxylic acids is 1. The largest absolute Gasteiger partial charge is 0.462 e. The molecule has 0 aliphatic carbocycles. The maximum Gasteiger partial charge on any atom is 0.338 e. The first-order valence-corrected chi connectivity index (χ1v) is 10.0. The molecule has 0 saturated heterocycles. The van der Waals surface area contributed by atoms with Gasteiger partial charge in [0.05, 0.1) is 12.2 Å². The average Bonchev–Trinajstić information content (AvgIpc) is 2.67. The summed E-state index contributed by atoms with van der Waals surface area (Å²) in [6.45, 7) is 4.83. The van der Waals surface area contributed by atoms with Gasteiger partial charge in [0.1, 0.15) is 0 Å². The van der Waals surface area contributed by atoms with Crippen LogP contribution in [0.4, 0.5) is 0 Å². The Kier molecular flexibility index (Phi) is 8.95. The van der Waals surface area contributed by atoms with Crippen LogP contribution in [0.2, 0.25) is 0 Å². The van der Waals surface area contributed by atoms with Gasteiger partial charge in [-0.15, -0.1) is 0 Å². The van der Waals surface area contributed by atoms with Gasteiger partial charge in [0.15, 0.2) is 0 Å². The van der Waals surface area contributed by atoms with E-state index < -0.39 is 0 Å². The Morgan fingerprint density at radius 2 is 1.46 bits per heavy atom. The van der Waals surface area contributed by atoms with E-state index in [-0.39, 0.29) is 5.97 Å². The normalized spacial score (nSPS) is 10.7. The minimum atomic E-state index is -0.220. The smallest absolute Gasteiger partial charge is 0.338 e. The van der Waals surface area contributed by atoms with Gasteiger partial charge in [0, 0.05) is 0 Å². The maximum atomic E-state index is 12.3. The summed E-state index contributed by atoms with van der Waals surface area (Å²) in [5.41, 5.74) is 4.03. The van der Waals surface area contributed by atoms with Gasteiger partial charge >= 0.3 is 5.97 Å². The molecule has 0 saturated carbocycles. The van der Waals surface area contributed by atoms with Crippen molar-refractivity contribution in [3.63, 3.8) is 0 Å². The van der Waals surface area contributed by atoms with Crippen molar-refractivity contribution >= 4 is 5.97 Å². The molecular formula is C24H32O2. The molecule has 0 radical (unpaired) electrons. The lowest BCUT2D eigenvalue weighted by Crippen LogP contribution is -2.06. The third-order valence-electron chi connectivity index (χ3n) is 4.71. The van der Waals surface area contributed by atoms with Crippen molar-refractivity contribution < 1.29 is 9.53 Å². The first kappa shape index (κ1) is 20.2. The van der Waals surface area contributed by atoms with Gasteiger partial charge in [0.25, 0.3) is 0 Å². The molecule has 0 aromatic heterocycles. The Labute approximate surface area is 158 Å². The minimum Gasteiger partial charge on any atom is -0.462 e. The van der Waals surface area contributed by atoms with Crippen LogP contribution >= 0.6 is 0 Å². The maximum absolute atomic E-state index is 12.3. The van der Waals surface area contributed by atoms with Crippen molar-refractivity contribution in [1.82, 2.24) is 0 Å². The Balaban J connectivity index is 1.72. The van der Waals surface area contributed by atoms with E-state index in [0.29, 0.717) is 12.2 Å². The number of rotatable bonds is 11. The second-order valence-corrected chi connectivity index (χ2v) is 7.06. The molecule has 0 aliphatic heterocycles. The van der Waals surface area contributed by atoms with E-state index in [0.717, 1.165) is 24.0 Å². The van der Waals surface area contributed by atoms with Crippen molar-refractivity contribution in [1.29, 1.82) is 0 Å². The summed E-state index contributed by atoms with van der Waals surface area (Å²) in [7, 11) is 0. The molecule has 0 N–H and O–H groups in total. The number of hydrogen-bond donors (Lipinski definition) is 0. The minimum absolute atomic E-state index is 0.220. The molecule has 140 valence electrons. The molecule has 0 atom stereocenters. The summed E-state index contributed by atoms with van der Waals surface area (Å²) < 4.78 is 5.44. The van der Waals surface area contributed by atoms with Crippen molar-refractivity contribution in [2.45, 2.75) is 65.2 Å². The molecule has 0 aliphatic rings. The third-order valence-corrected chi connectivity index (χ3v) is 4.71. The van der Waals surface area contributed by atoms with Crippen LogP contribution in [0.1, 0.15) is 74.2 Å². The summed E-state index contributed by atoms with van der Waals surface area (Å²) >= 11 is 0. The van der Waals surface area contributed by atoms with Crippen LogP contribution in [0.25, 0.3) is 11.1 Å². The van der Waals surface area contributed by atoms with E-state index in [4.69, 9.17) is 4.74 Å². The topological polar surface area (TPSA) is 26.3 Å². The first-order chi connectivity index (χ1) is 12.7. The quantitative estimate of drug-likeness (QED) is 0.323. The summed E-state index contributed by atoms with van der Waals surface area (Å²) in [4.78, 5) is 12.3. The molecule has 0 fully saturated rings. The predicted octanol–water partition coefficient (Wildman–Crippen LogP) is 6.96. The van der Waals surface area contributed by atoms with Gasteiger partial charge in [-0.2, -0.15) is 0 Å². The number of carbonyl (C=O) groups is 1. The highest BCUT2D eigenvalue weighted by atomic mass is 16.5. The number of hydrogen-bond acceptors (Lipinski definition) is 2. The molecule has 2 rings (SSSR count). The molecule has 0 bridgehead atoms. The molecule has 0 spiro atoms. The van der Waals surface area contributed by atoms with Crippen molar-refractivity contribution in [2.24, 2.45) is 0 Å². The van der Waals surface area contributed by atoms with E-state index in [9.17, 15) is 4.79 Å². The molecule has 2 aromatic rings. The zero-order chi connectivity index (χ0) is 18.6. The fraction of sp³-hybridized carbons (Fsp3) is 0.458. The molecule has 2 aromatic carbocycles. The fourth-order valence-electron chi connectivity index (χ4n) is 3.06. The highest BCUT2D eigenvalue weighted by molar-refractivity contribution is 5.91. The average molecular weight is 353 g/mol. The zero-order valence-corrected chi connectivity index (χ0v) is 16.3. The summed E-state index contributed by atoms with van der Waals surface area (Å²) in [6.07, 6.45) is 9.96. The van der Waals surface area contributed by atoms with Crippen LogP contribution in [0.3, 0.4) is 0 Å². The fourth-order valence-corrected chi connectivity index (χ4v) is 3.06. The number of ether oxygens (including phenoxy) is 1. The molecule has 0 amide bonds. The van der Waals surface area contributed by atoms with Crippen molar-refractivity contribution in [3.8, 4) is 11.1 Å². The van der Waals surface area contributed by atoms with Crippen LogP contribution in [0, 0.1) is 6.92 Å². The standard InChI is InChI=1S/C24H32O2/c1-3-4-5-6-7-8-9-10-18-26-24(25)23-13-11-12-22(19-23)21-16-14-20(2)15-17-21/h11-17,19H,3-10,18H2,1-2H3. The highest BCUT2D eigenvalue weighted by Crippen LogP contribution is 2.21. The van der Waals surface area contributed by atoms with Gasteiger partial charge < -0.3 is 4.74 Å². The van der Waals surface area contributed by atoms with E-state index in [2.05, 4.69) is 38.1 Å². The van der Waals surface area contributed by atoms with E-state index >= 15 is 0 Å². The summed E-state index contributed by atoms with van der Waals surface area (Å²) in [6, 6.07) is 16.0. The Morgan fingerprint density at radius 3 is 2.15 bits per heavy atom. The lowest BCUT2D eigenvalue weighted by atomic mass is 10.0. The molecule has 2 nitrogen and oxygen atoms in total. The van der Waals surface area contributed by atoms with E-state index in [1.807, 2.05) is 24.3 Å². The molecule has 0 heterocycles. The van der Waals surface area contributed by atoms with Crippen LogP contribution in [-0.4, -0.2) is 12.6 Å². The summed E-state index contributed by atoms with van der Waals surface area (Å²) in [5.74, 6) is -0.220. The van der Waals surface area contributed by atoms with Crippen LogP contribution in [0.5, 0.6) is 0 Å². The Hall–Kier alpha value is -2.09. The van der Waals surface area contributed by atoms with E-state index in [1.54, 1.807) is 0 Å². The predicted molar refractivity (Wildman–Crippen MR) is 110 cm³/mol. The van der Waals surface area contributed by atoms with Gasteiger partial charge in [-0.3, -0.25) is 0 Å². The Morgan fingerprint density at radius 1 is 0.808 bits per heavy atom. The van der Waals surface area contributed by atoms with Crippen molar-refractivity contribution in [2.75, 3.05) is 6.61 Å². The summed E-state index contributed by atoms with van der Waals surface area (Å²) in [5, 5.41) is 0. The van der Waals surface area contributed by atoms with Gasteiger partial charge in [-0.05, 0) is 36.6 Å². The van der Waals surface area contributed by atoms with Gasteiger partial charge in [-0.25, -0.2) is 4.79 Å². The lowest BCUT2D eigenvalue weighted by Gasteiger charge is -2.07. The highest BCUT2D eigenvalue weighted by Gasteiger charge is 2.08. The van der Waals surface area contributed by atoms with Crippen LogP contribution < -0.4 is 0 Å². The Bertz CT molecular complexity index is 658. The first-order valence-electron chi connectivity index (χ1n) is 10.0. The van der Waals surface area contributed by atoms with Crippen LogP contribution in [0.15, 0.2) is 48.5 Å². The molecular weight excluding hydrogens is 320 g/mol. The van der Waals surface area contributed by atoms with E-state index in [1.165, 1.54) is 44.1 Å². The third kappa shape index (κ3) is 7.03. The van der Waals surface area contributed by atoms with Gasteiger partial charge in [-0.1, -0.05) is 93.8 Å². The number of esters is 1. The second-order valence-electron chi connectivity index (χ2n) is 7.06. The monoisotopic (exact) mass is 352 g/mol. The van der Waals surface area contributed by atoms with Gasteiger partial charge in [0.2, 0.25) is 0 Å². The van der Waals surface area contributed by atoms with Crippen molar-refractivity contribution in [3.05, 3.63) is 59.7 Å². The zero-order valence-electron chi connectivity index (χ0n) is 16.3. The second kappa shape index (κ2) is 11.5. The number of unbranched alkanes of at least 4 members (excludes halogenated alkanes) is 7. The number of benzene rings is 2. The molecule has 2 heteroatoms. The molecule has 0 unspecified atom stereocenters. The lowest BCUT2D eigenvalue weighted by molar-refractivity contribution is 0.0497.